The van der Waals surface area contributed by atoms with Gasteiger partial charge in [0.05, 0.1) is 11.6 Å². The van der Waals surface area contributed by atoms with Gasteiger partial charge in [-0.2, -0.15) is 5.26 Å². The second-order valence-electron chi connectivity index (χ2n) is 5.88. The Balaban J connectivity index is 1.80. The van der Waals surface area contributed by atoms with Crippen LogP contribution in [-0.4, -0.2) is 25.1 Å². The van der Waals surface area contributed by atoms with Crippen LogP contribution in [0.3, 0.4) is 0 Å². The first kappa shape index (κ1) is 20.0. The number of benzene rings is 2. The molecule has 0 heterocycles. The molecule has 0 aliphatic carbocycles. The van der Waals surface area contributed by atoms with E-state index in [1.165, 1.54) is 0 Å². The van der Waals surface area contributed by atoms with Crippen LogP contribution in [0.25, 0.3) is 0 Å². The van der Waals surface area contributed by atoms with Crippen molar-refractivity contribution in [3.05, 3.63) is 65.7 Å². The summed E-state index contributed by atoms with van der Waals surface area (Å²) in [5.74, 6) is -0.749. The molecule has 0 radical (unpaired) electrons. The quantitative estimate of drug-likeness (QED) is 0.689. The van der Waals surface area contributed by atoms with E-state index in [9.17, 15) is 9.59 Å². The Labute approximate surface area is 158 Å². The summed E-state index contributed by atoms with van der Waals surface area (Å²) in [4.78, 5) is 23.9. The standard InChI is InChI=1S/C21H22N2O4/c1-2-8-18(16-9-4-3-5-10-16)23-20(24)14-27-21(25)15-26-19-12-7-6-11-17(19)13-22/h3-7,9-12,18H,2,8,14-15H2,1H3,(H,23,24). The fourth-order valence-electron chi connectivity index (χ4n) is 2.54. The average molecular weight is 366 g/mol. The van der Waals surface area contributed by atoms with Gasteiger partial charge in [0.25, 0.3) is 5.91 Å². The van der Waals surface area contributed by atoms with E-state index in [-0.39, 0.29) is 25.2 Å². The molecular weight excluding hydrogens is 344 g/mol. The van der Waals surface area contributed by atoms with Crippen LogP contribution in [-0.2, 0) is 14.3 Å². The second-order valence-corrected chi connectivity index (χ2v) is 5.88. The molecule has 0 aliphatic rings. The fraction of sp³-hybridized carbons (Fsp3) is 0.286. The minimum Gasteiger partial charge on any atom is -0.481 e. The minimum atomic E-state index is -0.676. The van der Waals surface area contributed by atoms with Crippen LogP contribution < -0.4 is 10.1 Å². The maximum atomic E-state index is 12.1. The van der Waals surface area contributed by atoms with E-state index in [0.29, 0.717) is 11.3 Å². The molecule has 6 nitrogen and oxygen atoms in total. The number of para-hydroxylation sites is 1. The summed E-state index contributed by atoms with van der Waals surface area (Å²) in [5, 5.41) is 11.9. The zero-order valence-corrected chi connectivity index (χ0v) is 15.2. The van der Waals surface area contributed by atoms with Gasteiger partial charge in [-0.15, -0.1) is 0 Å². The van der Waals surface area contributed by atoms with Gasteiger partial charge in [0.1, 0.15) is 11.8 Å². The molecule has 2 aromatic rings. The smallest absolute Gasteiger partial charge is 0.344 e. The molecule has 140 valence electrons. The van der Waals surface area contributed by atoms with Crippen molar-refractivity contribution in [3.63, 3.8) is 0 Å². The molecule has 0 saturated carbocycles. The van der Waals surface area contributed by atoms with Crippen LogP contribution in [0.2, 0.25) is 0 Å². The number of carbonyl (C=O) groups is 2. The van der Waals surface area contributed by atoms with Crippen molar-refractivity contribution in [2.24, 2.45) is 0 Å². The number of esters is 1. The molecule has 0 bridgehead atoms. The molecule has 2 aromatic carbocycles. The second kappa shape index (κ2) is 10.6. The van der Waals surface area contributed by atoms with Crippen LogP contribution in [0, 0.1) is 11.3 Å². The van der Waals surface area contributed by atoms with E-state index in [1.54, 1.807) is 24.3 Å². The number of nitriles is 1. The topological polar surface area (TPSA) is 88.4 Å². The van der Waals surface area contributed by atoms with Gasteiger partial charge in [-0.3, -0.25) is 4.79 Å². The molecule has 0 saturated heterocycles. The van der Waals surface area contributed by atoms with E-state index >= 15 is 0 Å². The highest BCUT2D eigenvalue weighted by Gasteiger charge is 2.15. The van der Waals surface area contributed by atoms with Crippen LogP contribution >= 0.6 is 0 Å². The van der Waals surface area contributed by atoms with Crippen LogP contribution in [0.4, 0.5) is 0 Å². The Morgan fingerprint density at radius 3 is 2.48 bits per heavy atom. The maximum Gasteiger partial charge on any atom is 0.344 e. The Morgan fingerprint density at radius 2 is 1.78 bits per heavy atom. The summed E-state index contributed by atoms with van der Waals surface area (Å²) in [6.45, 7) is 1.29. The molecule has 2 rings (SSSR count). The zero-order valence-electron chi connectivity index (χ0n) is 15.2. The third-order valence-corrected chi connectivity index (χ3v) is 3.83. The normalized spacial score (nSPS) is 11.1. The van der Waals surface area contributed by atoms with E-state index in [2.05, 4.69) is 5.32 Å². The van der Waals surface area contributed by atoms with Gasteiger partial charge in [0.15, 0.2) is 13.2 Å². The highest BCUT2D eigenvalue weighted by Crippen LogP contribution is 2.18. The van der Waals surface area contributed by atoms with Gasteiger partial charge in [-0.05, 0) is 24.1 Å². The summed E-state index contributed by atoms with van der Waals surface area (Å²) in [6, 6.07) is 18.1. The van der Waals surface area contributed by atoms with E-state index in [1.807, 2.05) is 43.3 Å². The first-order valence-electron chi connectivity index (χ1n) is 8.76. The van der Waals surface area contributed by atoms with E-state index < -0.39 is 5.97 Å². The Hall–Kier alpha value is -3.33. The number of nitrogens with zero attached hydrogens (tertiary/aromatic N) is 1. The average Bonchev–Trinajstić information content (AvgIpc) is 2.71. The fourth-order valence-corrected chi connectivity index (χ4v) is 2.54. The summed E-state index contributed by atoms with van der Waals surface area (Å²) < 4.78 is 10.2. The molecule has 1 amide bonds. The minimum absolute atomic E-state index is 0.124. The van der Waals surface area contributed by atoms with E-state index in [4.69, 9.17) is 14.7 Å². The Bertz CT molecular complexity index is 799. The molecule has 0 aromatic heterocycles. The van der Waals surface area contributed by atoms with Gasteiger partial charge >= 0.3 is 5.97 Å². The number of hydrogen-bond acceptors (Lipinski definition) is 5. The predicted molar refractivity (Wildman–Crippen MR) is 99.8 cm³/mol. The highest BCUT2D eigenvalue weighted by molar-refractivity contribution is 5.81. The molecule has 27 heavy (non-hydrogen) atoms. The molecule has 0 fully saturated rings. The van der Waals surface area contributed by atoms with Gasteiger partial charge in [-0.25, -0.2) is 4.79 Å². The van der Waals surface area contributed by atoms with E-state index in [0.717, 1.165) is 18.4 Å². The summed E-state index contributed by atoms with van der Waals surface area (Å²) in [5.41, 5.74) is 1.34. The summed E-state index contributed by atoms with van der Waals surface area (Å²) in [7, 11) is 0. The first-order valence-corrected chi connectivity index (χ1v) is 8.76. The van der Waals surface area contributed by atoms with Crippen molar-refractivity contribution in [2.45, 2.75) is 25.8 Å². The van der Waals surface area contributed by atoms with Gasteiger partial charge in [0, 0.05) is 0 Å². The predicted octanol–water partition coefficient (Wildman–Crippen LogP) is 3.14. The summed E-state index contributed by atoms with van der Waals surface area (Å²) >= 11 is 0. The Morgan fingerprint density at radius 1 is 1.07 bits per heavy atom. The largest absolute Gasteiger partial charge is 0.481 e. The molecule has 1 N–H and O–H groups in total. The third-order valence-electron chi connectivity index (χ3n) is 3.83. The number of amides is 1. The number of nitrogens with one attached hydrogen (secondary N) is 1. The lowest BCUT2D eigenvalue weighted by Gasteiger charge is -2.18. The highest BCUT2D eigenvalue weighted by atomic mass is 16.6. The first-order chi connectivity index (χ1) is 13.1. The van der Waals surface area contributed by atoms with Crippen molar-refractivity contribution in [1.82, 2.24) is 5.32 Å². The number of carbonyl (C=O) groups excluding carboxylic acids is 2. The monoisotopic (exact) mass is 366 g/mol. The van der Waals surface area contributed by atoms with Crippen molar-refractivity contribution >= 4 is 11.9 Å². The molecule has 0 spiro atoms. The van der Waals surface area contributed by atoms with Gasteiger partial charge in [0.2, 0.25) is 0 Å². The van der Waals surface area contributed by atoms with Crippen molar-refractivity contribution in [3.8, 4) is 11.8 Å². The molecule has 6 heteroatoms. The number of rotatable bonds is 9. The lowest BCUT2D eigenvalue weighted by Crippen LogP contribution is -2.33. The summed E-state index contributed by atoms with van der Waals surface area (Å²) in [6.07, 6.45) is 1.70. The van der Waals surface area contributed by atoms with Gasteiger partial charge < -0.3 is 14.8 Å². The molecule has 0 aliphatic heterocycles. The lowest BCUT2D eigenvalue weighted by atomic mass is 10.0. The van der Waals surface area contributed by atoms with Crippen molar-refractivity contribution in [1.29, 1.82) is 5.26 Å². The molecule has 1 unspecified atom stereocenters. The molecular formula is C21H22N2O4. The van der Waals surface area contributed by atoms with Crippen molar-refractivity contribution < 1.29 is 19.1 Å². The third kappa shape index (κ3) is 6.48. The van der Waals surface area contributed by atoms with Gasteiger partial charge in [-0.1, -0.05) is 55.8 Å². The van der Waals surface area contributed by atoms with Crippen LogP contribution in [0.5, 0.6) is 5.75 Å². The zero-order chi connectivity index (χ0) is 19.5. The number of ether oxygens (including phenoxy) is 2. The van der Waals surface area contributed by atoms with Crippen molar-refractivity contribution in [2.75, 3.05) is 13.2 Å². The SMILES string of the molecule is CCCC(NC(=O)COC(=O)COc1ccccc1C#N)c1ccccc1. The lowest BCUT2D eigenvalue weighted by molar-refractivity contribution is -0.150. The Kier molecular flexibility index (Phi) is 7.86. The van der Waals surface area contributed by atoms with Crippen LogP contribution in [0.15, 0.2) is 54.6 Å². The maximum absolute atomic E-state index is 12.1. The molecule has 1 atom stereocenters. The van der Waals surface area contributed by atoms with Crippen LogP contribution in [0.1, 0.15) is 36.9 Å². The number of hydrogen-bond donors (Lipinski definition) is 1.